The molecule has 0 aliphatic carbocycles. The van der Waals surface area contributed by atoms with Gasteiger partial charge >= 0.3 is 6.03 Å². The molecule has 2 heterocycles. The maximum absolute atomic E-state index is 14.2. The summed E-state index contributed by atoms with van der Waals surface area (Å²) in [6.07, 6.45) is 1.46. The van der Waals surface area contributed by atoms with E-state index in [0.717, 1.165) is 17.5 Å². The number of para-hydroxylation sites is 1. The van der Waals surface area contributed by atoms with Crippen LogP contribution in [0.25, 0.3) is 0 Å². The number of thiophene rings is 1. The second-order valence-corrected chi connectivity index (χ2v) is 10.1. The Hall–Kier alpha value is -3.39. The molecule has 0 bridgehead atoms. The molecule has 0 saturated carbocycles. The number of carbonyl (C=O) groups excluding carboxylic acids is 2. The maximum atomic E-state index is 14.2. The average molecular weight is 510 g/mol. The molecule has 1 aromatic heterocycles. The van der Waals surface area contributed by atoms with Gasteiger partial charge in [-0.15, -0.1) is 11.3 Å². The second kappa shape index (κ2) is 11.6. The molecule has 8 heteroatoms. The lowest BCUT2D eigenvalue weighted by Crippen LogP contribution is -2.50. The van der Waals surface area contributed by atoms with E-state index in [1.54, 1.807) is 39.3 Å². The molecule has 3 amide bonds. The zero-order chi connectivity index (χ0) is 25.7. The van der Waals surface area contributed by atoms with Crippen LogP contribution < -0.4 is 10.1 Å². The quantitative estimate of drug-likeness (QED) is 0.403. The summed E-state index contributed by atoms with van der Waals surface area (Å²) in [6, 6.07) is 15.0. The van der Waals surface area contributed by atoms with Crippen molar-refractivity contribution in [2.75, 3.05) is 25.0 Å². The first-order valence-corrected chi connectivity index (χ1v) is 13.1. The van der Waals surface area contributed by atoms with E-state index in [0.29, 0.717) is 18.7 Å². The predicted octanol–water partition coefficient (Wildman–Crippen LogP) is 6.03. The Labute approximate surface area is 215 Å². The van der Waals surface area contributed by atoms with Crippen LogP contribution in [0.1, 0.15) is 42.3 Å². The number of rotatable bonds is 8. The van der Waals surface area contributed by atoms with Crippen molar-refractivity contribution in [3.63, 3.8) is 0 Å². The number of fused-ring (bicyclic) bond motifs is 1. The molecular formula is C28H32FN3O3S. The van der Waals surface area contributed by atoms with Gasteiger partial charge in [0.2, 0.25) is 5.91 Å². The lowest BCUT2D eigenvalue weighted by atomic mass is 10.00. The molecule has 2 aromatic carbocycles. The summed E-state index contributed by atoms with van der Waals surface area (Å²) in [4.78, 5) is 31.4. The van der Waals surface area contributed by atoms with E-state index in [1.165, 1.54) is 10.9 Å². The predicted molar refractivity (Wildman–Crippen MR) is 141 cm³/mol. The van der Waals surface area contributed by atoms with E-state index >= 15 is 0 Å². The number of nitrogens with one attached hydrogen (secondary N) is 1. The number of aryl methyl sites for hydroxylation is 1. The fourth-order valence-corrected chi connectivity index (χ4v) is 5.25. The summed E-state index contributed by atoms with van der Waals surface area (Å²) in [6.45, 7) is 6.52. The number of hydrogen-bond acceptors (Lipinski definition) is 4. The van der Waals surface area contributed by atoms with Crippen LogP contribution in [0.15, 0.2) is 60.0 Å². The molecule has 36 heavy (non-hydrogen) atoms. The molecule has 2 atom stereocenters. The molecule has 1 N–H and O–H groups in total. The lowest BCUT2D eigenvalue weighted by molar-refractivity contribution is -0.135. The summed E-state index contributed by atoms with van der Waals surface area (Å²) in [5, 5.41) is 4.93. The number of hydrogen-bond donors (Lipinski definition) is 1. The van der Waals surface area contributed by atoms with Gasteiger partial charge in [0, 0.05) is 23.2 Å². The van der Waals surface area contributed by atoms with Crippen LogP contribution in [-0.2, 0) is 11.2 Å². The largest absolute Gasteiger partial charge is 0.488 e. The van der Waals surface area contributed by atoms with Crippen molar-refractivity contribution >= 4 is 29.0 Å². The Morgan fingerprint density at radius 2 is 1.94 bits per heavy atom. The van der Waals surface area contributed by atoms with Crippen molar-refractivity contribution in [3.05, 3.63) is 81.8 Å². The summed E-state index contributed by atoms with van der Waals surface area (Å²) < 4.78 is 20.0. The molecule has 4 rings (SSSR count). The van der Waals surface area contributed by atoms with Crippen molar-refractivity contribution < 1.29 is 18.7 Å². The third kappa shape index (κ3) is 5.87. The summed E-state index contributed by atoms with van der Waals surface area (Å²) in [7, 11) is 0. The molecule has 0 radical (unpaired) electrons. The molecule has 1 aliphatic heterocycles. The normalized spacial score (nSPS) is 15.7. The van der Waals surface area contributed by atoms with Crippen LogP contribution in [-0.4, -0.2) is 47.5 Å². The highest BCUT2D eigenvalue weighted by Gasteiger charge is 2.34. The number of anilines is 1. The number of nitrogens with zero attached hydrogens (tertiary/aromatic N) is 2. The van der Waals surface area contributed by atoms with Gasteiger partial charge in [0.15, 0.2) is 11.6 Å². The lowest BCUT2D eigenvalue weighted by Gasteiger charge is -2.38. The standard InChI is InChI=1S/C28H32FN3O3S/c1-4-20(3)32(28(34)30-21-11-9-19(2)10-12-21)17-27(33)31-15-13-26-22(14-16-36-26)24(31)18-35-25-8-6-5-7-23(25)29/h5-12,14,16,20,24H,4,13,15,17-18H2,1-3H3,(H,30,34)/t20-,24-/m0/s1. The third-order valence-corrected chi connectivity index (χ3v) is 7.64. The first-order valence-electron chi connectivity index (χ1n) is 12.2. The number of ether oxygens (including phenoxy) is 1. The van der Waals surface area contributed by atoms with Gasteiger partial charge < -0.3 is 19.9 Å². The van der Waals surface area contributed by atoms with E-state index in [4.69, 9.17) is 4.74 Å². The van der Waals surface area contributed by atoms with Crippen LogP contribution in [0.4, 0.5) is 14.9 Å². The Bertz CT molecular complexity index is 1200. The van der Waals surface area contributed by atoms with Gasteiger partial charge in [-0.3, -0.25) is 4.79 Å². The van der Waals surface area contributed by atoms with Crippen molar-refractivity contribution in [1.29, 1.82) is 0 Å². The number of amides is 3. The number of halogens is 1. The van der Waals surface area contributed by atoms with Crippen molar-refractivity contribution in [2.45, 2.75) is 45.7 Å². The van der Waals surface area contributed by atoms with Gasteiger partial charge in [0.25, 0.3) is 0 Å². The first kappa shape index (κ1) is 25.7. The fourth-order valence-electron chi connectivity index (χ4n) is 4.32. The minimum Gasteiger partial charge on any atom is -0.488 e. The highest BCUT2D eigenvalue weighted by molar-refractivity contribution is 7.10. The minimum atomic E-state index is -0.438. The number of carbonyl (C=O) groups is 2. The van der Waals surface area contributed by atoms with E-state index in [2.05, 4.69) is 5.32 Å². The molecule has 1 aliphatic rings. The van der Waals surface area contributed by atoms with Crippen molar-refractivity contribution in [2.24, 2.45) is 0 Å². The highest BCUT2D eigenvalue weighted by atomic mass is 32.1. The van der Waals surface area contributed by atoms with Crippen LogP contribution in [0, 0.1) is 12.7 Å². The van der Waals surface area contributed by atoms with Crippen molar-refractivity contribution in [1.82, 2.24) is 9.80 Å². The zero-order valence-electron chi connectivity index (χ0n) is 20.9. The van der Waals surface area contributed by atoms with Crippen LogP contribution in [0.3, 0.4) is 0 Å². The van der Waals surface area contributed by atoms with E-state index in [1.807, 2.05) is 56.5 Å². The fraction of sp³-hybridized carbons (Fsp3) is 0.357. The van der Waals surface area contributed by atoms with E-state index < -0.39 is 5.82 Å². The van der Waals surface area contributed by atoms with Crippen LogP contribution in [0.2, 0.25) is 0 Å². The molecular weight excluding hydrogens is 477 g/mol. The van der Waals surface area contributed by atoms with Gasteiger partial charge in [-0.05, 0) is 68.0 Å². The van der Waals surface area contributed by atoms with E-state index in [9.17, 15) is 14.0 Å². The van der Waals surface area contributed by atoms with Gasteiger partial charge in [0.1, 0.15) is 13.2 Å². The summed E-state index contributed by atoms with van der Waals surface area (Å²) in [5.74, 6) is -0.438. The molecule has 190 valence electrons. The van der Waals surface area contributed by atoms with Gasteiger partial charge in [-0.2, -0.15) is 0 Å². The monoisotopic (exact) mass is 509 g/mol. The molecule has 0 unspecified atom stereocenters. The van der Waals surface area contributed by atoms with Crippen LogP contribution in [0.5, 0.6) is 5.75 Å². The molecule has 0 spiro atoms. The number of urea groups is 1. The Morgan fingerprint density at radius 1 is 1.19 bits per heavy atom. The molecule has 0 fully saturated rings. The van der Waals surface area contributed by atoms with Crippen LogP contribution >= 0.6 is 11.3 Å². The number of benzene rings is 2. The minimum absolute atomic E-state index is 0.0532. The van der Waals surface area contributed by atoms with Crippen molar-refractivity contribution in [3.8, 4) is 5.75 Å². The Balaban J connectivity index is 1.51. The average Bonchev–Trinajstić information content (AvgIpc) is 3.36. The smallest absolute Gasteiger partial charge is 0.322 e. The van der Waals surface area contributed by atoms with Gasteiger partial charge in [-0.1, -0.05) is 36.8 Å². The maximum Gasteiger partial charge on any atom is 0.322 e. The topological polar surface area (TPSA) is 61.9 Å². The Morgan fingerprint density at radius 3 is 2.67 bits per heavy atom. The molecule has 3 aromatic rings. The van der Waals surface area contributed by atoms with Gasteiger partial charge in [-0.25, -0.2) is 9.18 Å². The highest BCUT2D eigenvalue weighted by Crippen LogP contribution is 2.34. The third-order valence-electron chi connectivity index (χ3n) is 6.64. The first-order chi connectivity index (χ1) is 17.4. The zero-order valence-corrected chi connectivity index (χ0v) is 21.7. The van der Waals surface area contributed by atoms with E-state index in [-0.39, 0.29) is 42.9 Å². The Kier molecular flexibility index (Phi) is 8.25. The summed E-state index contributed by atoms with van der Waals surface area (Å²) >= 11 is 1.66. The second-order valence-electron chi connectivity index (χ2n) is 9.07. The van der Waals surface area contributed by atoms with Gasteiger partial charge in [0.05, 0.1) is 6.04 Å². The summed E-state index contributed by atoms with van der Waals surface area (Å²) in [5.41, 5.74) is 2.81. The SMILES string of the molecule is CC[C@H](C)N(CC(=O)N1CCc2sccc2[C@@H]1COc1ccccc1F)C(=O)Nc1ccc(C)cc1. The molecule has 0 saturated heterocycles. The molecule has 6 nitrogen and oxygen atoms in total.